The average molecular weight is 171 g/mol. The number of halogens is 2. The fourth-order valence-electron chi connectivity index (χ4n) is 0.300. The second kappa shape index (κ2) is 5.44. The van der Waals surface area contributed by atoms with Gasteiger partial charge in [-0.25, -0.2) is 9.18 Å². The minimum atomic E-state index is -1.78. The lowest BCUT2D eigenvalue weighted by atomic mass is 10.4. The van der Waals surface area contributed by atoms with Gasteiger partial charge in [-0.15, -0.1) is 11.6 Å². The fraction of sp³-hybridized carbons (Fsp3) is 0.800. The molecule has 1 unspecified atom stereocenters. The molecule has 0 spiro atoms. The molecule has 5 heteroatoms. The van der Waals surface area contributed by atoms with Gasteiger partial charge in [-0.1, -0.05) is 0 Å². The first kappa shape index (κ1) is 9.65. The summed E-state index contributed by atoms with van der Waals surface area (Å²) < 4.78 is 16.4. The van der Waals surface area contributed by atoms with Crippen LogP contribution in [-0.4, -0.2) is 36.3 Å². The molecule has 0 aliphatic heterocycles. The third-order valence-electron chi connectivity index (χ3n) is 0.727. The number of alkyl halides is 2. The SMILES string of the molecule is O=C(OCCO)C(F)CCl. The zero-order valence-corrected chi connectivity index (χ0v) is 5.97. The van der Waals surface area contributed by atoms with Crippen molar-refractivity contribution in [3.8, 4) is 0 Å². The number of ether oxygens (including phenoxy) is 1. The number of carbonyl (C=O) groups excluding carboxylic acids is 1. The van der Waals surface area contributed by atoms with Gasteiger partial charge in [0.15, 0.2) is 0 Å². The smallest absolute Gasteiger partial charge is 0.342 e. The van der Waals surface area contributed by atoms with Crippen LogP contribution < -0.4 is 0 Å². The molecule has 0 aromatic carbocycles. The maximum atomic E-state index is 12.2. The Morgan fingerprint density at radius 3 is 2.80 bits per heavy atom. The van der Waals surface area contributed by atoms with Gasteiger partial charge >= 0.3 is 5.97 Å². The summed E-state index contributed by atoms with van der Waals surface area (Å²) in [5.41, 5.74) is 0. The van der Waals surface area contributed by atoms with Crippen LogP contribution in [0.1, 0.15) is 0 Å². The third kappa shape index (κ3) is 3.63. The second-order valence-electron chi connectivity index (χ2n) is 1.51. The zero-order chi connectivity index (χ0) is 7.98. The number of hydrogen-bond acceptors (Lipinski definition) is 3. The van der Waals surface area contributed by atoms with Crippen molar-refractivity contribution in [1.29, 1.82) is 0 Å². The molecule has 10 heavy (non-hydrogen) atoms. The van der Waals surface area contributed by atoms with Crippen molar-refractivity contribution in [2.45, 2.75) is 6.17 Å². The summed E-state index contributed by atoms with van der Waals surface area (Å²) in [6.45, 7) is -0.489. The van der Waals surface area contributed by atoms with Crippen molar-refractivity contribution in [2.24, 2.45) is 0 Å². The summed E-state index contributed by atoms with van der Waals surface area (Å²) in [7, 11) is 0. The summed E-state index contributed by atoms with van der Waals surface area (Å²) in [4.78, 5) is 10.3. The standard InChI is InChI=1S/C5H8ClFO3/c6-3-4(7)5(9)10-2-1-8/h4,8H,1-3H2. The monoisotopic (exact) mass is 170 g/mol. The van der Waals surface area contributed by atoms with Crippen LogP contribution in [0, 0.1) is 0 Å². The van der Waals surface area contributed by atoms with E-state index in [0.29, 0.717) is 0 Å². The van der Waals surface area contributed by atoms with E-state index in [1.54, 1.807) is 0 Å². The van der Waals surface area contributed by atoms with Gasteiger partial charge < -0.3 is 9.84 Å². The van der Waals surface area contributed by atoms with E-state index in [9.17, 15) is 9.18 Å². The van der Waals surface area contributed by atoms with Crippen molar-refractivity contribution >= 4 is 17.6 Å². The van der Waals surface area contributed by atoms with E-state index in [1.165, 1.54) is 0 Å². The van der Waals surface area contributed by atoms with Gasteiger partial charge in [-0.2, -0.15) is 0 Å². The van der Waals surface area contributed by atoms with Crippen LogP contribution in [0.4, 0.5) is 4.39 Å². The molecule has 0 heterocycles. The topological polar surface area (TPSA) is 46.5 Å². The van der Waals surface area contributed by atoms with Crippen molar-refractivity contribution in [2.75, 3.05) is 19.1 Å². The number of rotatable bonds is 4. The van der Waals surface area contributed by atoms with Crippen LogP contribution in [0.3, 0.4) is 0 Å². The molecule has 0 radical (unpaired) electrons. The highest BCUT2D eigenvalue weighted by molar-refractivity contribution is 6.19. The van der Waals surface area contributed by atoms with Gasteiger partial charge in [0, 0.05) is 0 Å². The molecule has 0 amide bonds. The normalized spacial score (nSPS) is 12.7. The second-order valence-corrected chi connectivity index (χ2v) is 1.82. The molecule has 0 aromatic heterocycles. The molecule has 1 N–H and O–H groups in total. The van der Waals surface area contributed by atoms with E-state index in [0.717, 1.165) is 0 Å². The molecule has 3 nitrogen and oxygen atoms in total. The summed E-state index contributed by atoms with van der Waals surface area (Å²) in [5, 5.41) is 8.14. The van der Waals surface area contributed by atoms with Crippen molar-refractivity contribution in [1.82, 2.24) is 0 Å². The van der Waals surface area contributed by atoms with Crippen LogP contribution >= 0.6 is 11.6 Å². The van der Waals surface area contributed by atoms with Crippen LogP contribution in [0.2, 0.25) is 0 Å². The molecule has 0 bridgehead atoms. The lowest BCUT2D eigenvalue weighted by Crippen LogP contribution is -2.21. The highest BCUT2D eigenvalue weighted by atomic mass is 35.5. The lowest BCUT2D eigenvalue weighted by molar-refractivity contribution is -0.149. The van der Waals surface area contributed by atoms with Crippen molar-refractivity contribution in [3.63, 3.8) is 0 Å². The summed E-state index contributed by atoms with van der Waals surface area (Å²) in [5.74, 6) is -1.44. The summed E-state index contributed by atoms with van der Waals surface area (Å²) >= 11 is 4.99. The molecule has 0 saturated carbocycles. The Morgan fingerprint density at radius 1 is 1.80 bits per heavy atom. The lowest BCUT2D eigenvalue weighted by Gasteiger charge is -2.03. The predicted octanol–water partition coefficient (Wildman–Crippen LogP) is 0.0988. The van der Waals surface area contributed by atoms with Gasteiger partial charge in [-0.3, -0.25) is 0 Å². The number of esters is 1. The Labute approximate surface area is 62.7 Å². The first-order valence-corrected chi connectivity index (χ1v) is 3.23. The first-order chi connectivity index (χ1) is 4.72. The van der Waals surface area contributed by atoms with Gasteiger partial charge in [0.2, 0.25) is 6.17 Å². The first-order valence-electron chi connectivity index (χ1n) is 2.70. The van der Waals surface area contributed by atoms with Gasteiger partial charge in [0.1, 0.15) is 6.61 Å². The van der Waals surface area contributed by atoms with E-state index >= 15 is 0 Å². The molecule has 0 aliphatic carbocycles. The van der Waals surface area contributed by atoms with Gasteiger partial charge in [0.05, 0.1) is 12.5 Å². The third-order valence-corrected chi connectivity index (χ3v) is 0.998. The van der Waals surface area contributed by atoms with E-state index in [4.69, 9.17) is 16.7 Å². The quantitative estimate of drug-likeness (QED) is 0.481. The Balaban J connectivity index is 3.42. The van der Waals surface area contributed by atoms with Crippen molar-refractivity contribution < 1.29 is 19.0 Å². The van der Waals surface area contributed by atoms with Crippen LogP contribution in [0.25, 0.3) is 0 Å². The number of aliphatic hydroxyl groups excluding tert-OH is 1. The van der Waals surface area contributed by atoms with E-state index < -0.39 is 18.0 Å². The van der Waals surface area contributed by atoms with Gasteiger partial charge in [0.25, 0.3) is 0 Å². The fourth-order valence-corrected chi connectivity index (χ4v) is 0.426. The van der Waals surface area contributed by atoms with E-state index in [2.05, 4.69) is 4.74 Å². The Morgan fingerprint density at radius 2 is 2.40 bits per heavy atom. The maximum absolute atomic E-state index is 12.2. The molecule has 0 aromatic rings. The molecular weight excluding hydrogens is 163 g/mol. The Hall–Kier alpha value is -0.350. The molecule has 0 fully saturated rings. The molecular formula is C5H8ClFO3. The summed E-state index contributed by atoms with van der Waals surface area (Å²) in [6.07, 6.45) is -1.78. The Kier molecular flexibility index (Phi) is 5.25. The minimum Gasteiger partial charge on any atom is -0.461 e. The molecule has 0 aliphatic rings. The van der Waals surface area contributed by atoms with E-state index in [-0.39, 0.29) is 13.2 Å². The zero-order valence-electron chi connectivity index (χ0n) is 5.22. The number of aliphatic hydroxyl groups is 1. The molecule has 60 valence electrons. The van der Waals surface area contributed by atoms with Gasteiger partial charge in [-0.05, 0) is 0 Å². The summed E-state index contributed by atoms with van der Waals surface area (Å²) in [6, 6.07) is 0. The van der Waals surface area contributed by atoms with Crippen LogP contribution in [0.15, 0.2) is 0 Å². The van der Waals surface area contributed by atoms with Crippen LogP contribution in [0.5, 0.6) is 0 Å². The largest absolute Gasteiger partial charge is 0.461 e. The maximum Gasteiger partial charge on any atom is 0.342 e. The number of carbonyl (C=O) groups is 1. The number of hydrogen-bond donors (Lipinski definition) is 1. The van der Waals surface area contributed by atoms with E-state index in [1.807, 2.05) is 0 Å². The average Bonchev–Trinajstić information content (AvgIpc) is 1.98. The molecule has 0 saturated heterocycles. The molecule has 1 atom stereocenters. The van der Waals surface area contributed by atoms with Crippen molar-refractivity contribution in [3.05, 3.63) is 0 Å². The highest BCUT2D eigenvalue weighted by Crippen LogP contribution is 1.96. The molecule has 0 rings (SSSR count). The minimum absolute atomic E-state index is 0.184. The predicted molar refractivity (Wildman–Crippen MR) is 33.7 cm³/mol. The highest BCUT2D eigenvalue weighted by Gasteiger charge is 2.16. The Bertz CT molecular complexity index is 109. The van der Waals surface area contributed by atoms with Crippen LogP contribution in [-0.2, 0) is 9.53 Å².